The minimum Gasteiger partial charge on any atom is -0.242 e. The molecule has 1 aromatic carbocycles. The van der Waals surface area contributed by atoms with Crippen LogP contribution < -0.4 is 15.1 Å². The van der Waals surface area contributed by atoms with Gasteiger partial charge >= 0.3 is 0 Å². The summed E-state index contributed by atoms with van der Waals surface area (Å²) in [5.41, 5.74) is 5.28. The maximum absolute atomic E-state index is 4.57. The molecule has 3 heterocycles. The Balaban J connectivity index is 2.11. The normalized spacial score (nSPS) is 14.7. The molecule has 4 heteroatoms. The van der Waals surface area contributed by atoms with Gasteiger partial charge in [-0.15, -0.1) is 0 Å². The third-order valence-electron chi connectivity index (χ3n) is 4.84. The minimum atomic E-state index is -1.72. The lowest BCUT2D eigenvalue weighted by molar-refractivity contribution is -0.660. The van der Waals surface area contributed by atoms with Crippen molar-refractivity contribution in [3.05, 3.63) is 54.4 Å². The molecule has 1 aliphatic heterocycles. The zero-order valence-corrected chi connectivity index (χ0v) is 14.5. The Morgan fingerprint density at radius 3 is 2.68 bits per heavy atom. The lowest BCUT2D eigenvalue weighted by Crippen LogP contribution is -2.51. The molecule has 3 aromatic rings. The topological polar surface area (TPSA) is 21.7 Å². The molecule has 0 saturated heterocycles. The number of aryl methyl sites for hydroxylation is 2. The van der Waals surface area contributed by atoms with E-state index in [0.717, 1.165) is 0 Å². The largest absolute Gasteiger partial charge is 0.242 e. The van der Waals surface area contributed by atoms with Crippen LogP contribution in [-0.4, -0.2) is 17.9 Å². The number of hydrogen-bond donors (Lipinski definition) is 0. The van der Waals surface area contributed by atoms with Gasteiger partial charge in [0.1, 0.15) is 15.1 Å². The highest BCUT2D eigenvalue weighted by Gasteiger charge is 2.42. The van der Waals surface area contributed by atoms with Crippen LogP contribution in [0, 0.1) is 6.92 Å². The predicted octanol–water partition coefficient (Wildman–Crippen LogP) is 1.81. The smallest absolute Gasteiger partial charge is 0.212 e. The fourth-order valence-corrected chi connectivity index (χ4v) is 6.95. The lowest BCUT2D eigenvalue weighted by Gasteiger charge is -2.20. The van der Waals surface area contributed by atoms with Gasteiger partial charge in [-0.3, -0.25) is 0 Å². The summed E-state index contributed by atoms with van der Waals surface area (Å²) in [5.74, 6) is 0. The Kier molecular flexibility index (Phi) is 2.69. The van der Waals surface area contributed by atoms with E-state index in [4.69, 9.17) is 0 Å². The van der Waals surface area contributed by atoms with E-state index in [-0.39, 0.29) is 0 Å². The molecule has 0 fully saturated rings. The lowest BCUT2D eigenvalue weighted by atomic mass is 10.0. The van der Waals surface area contributed by atoms with E-state index in [1.54, 1.807) is 0 Å². The van der Waals surface area contributed by atoms with Crippen LogP contribution in [0.15, 0.2) is 48.8 Å². The standard InChI is InChI=1S/C18H20N3Si/c1-13-8-9-15-18(17(13)14-7-5-6-12-20(14)2)22(3,4)16-10-11-19-21(15)16/h5-12H,1-4H3/q+1. The Morgan fingerprint density at radius 1 is 1.09 bits per heavy atom. The zero-order chi connectivity index (χ0) is 15.5. The van der Waals surface area contributed by atoms with Crippen molar-refractivity contribution in [3.8, 4) is 16.9 Å². The molecule has 2 aromatic heterocycles. The highest BCUT2D eigenvalue weighted by atomic mass is 28.3. The van der Waals surface area contributed by atoms with Crippen LogP contribution in [0.3, 0.4) is 0 Å². The van der Waals surface area contributed by atoms with Gasteiger partial charge in [0, 0.05) is 23.6 Å². The SMILES string of the molecule is Cc1ccc2c(c1-c1cccc[n+]1C)[Si](C)(C)c1ccnn1-2. The van der Waals surface area contributed by atoms with E-state index in [1.807, 2.05) is 6.20 Å². The van der Waals surface area contributed by atoms with Crippen molar-refractivity contribution in [2.45, 2.75) is 20.0 Å². The second kappa shape index (κ2) is 4.40. The molecule has 0 saturated carbocycles. The van der Waals surface area contributed by atoms with Crippen LogP contribution in [-0.2, 0) is 7.05 Å². The zero-order valence-electron chi connectivity index (χ0n) is 13.5. The predicted molar refractivity (Wildman–Crippen MR) is 91.7 cm³/mol. The van der Waals surface area contributed by atoms with E-state index in [9.17, 15) is 0 Å². The number of nitrogens with zero attached hydrogens (tertiary/aromatic N) is 3. The van der Waals surface area contributed by atoms with E-state index in [2.05, 4.69) is 84.0 Å². The Labute approximate surface area is 131 Å². The highest BCUT2D eigenvalue weighted by molar-refractivity contribution is 7.02. The van der Waals surface area contributed by atoms with Gasteiger partial charge in [0.25, 0.3) is 0 Å². The van der Waals surface area contributed by atoms with E-state index < -0.39 is 8.07 Å². The summed E-state index contributed by atoms with van der Waals surface area (Å²) in [6.45, 7) is 7.07. The number of rotatable bonds is 1. The quantitative estimate of drug-likeness (QED) is 0.496. The summed E-state index contributed by atoms with van der Waals surface area (Å²) >= 11 is 0. The van der Waals surface area contributed by atoms with Crippen molar-refractivity contribution in [2.75, 3.05) is 0 Å². The number of hydrogen-bond acceptors (Lipinski definition) is 1. The molecule has 0 unspecified atom stereocenters. The molecular weight excluding hydrogens is 286 g/mol. The van der Waals surface area contributed by atoms with Crippen LogP contribution in [0.1, 0.15) is 5.56 Å². The maximum atomic E-state index is 4.57. The molecule has 0 atom stereocenters. The molecule has 1 aliphatic rings. The number of benzene rings is 1. The molecule has 0 aliphatic carbocycles. The summed E-state index contributed by atoms with van der Waals surface area (Å²) in [4.78, 5) is 0. The summed E-state index contributed by atoms with van der Waals surface area (Å²) in [7, 11) is 0.397. The average Bonchev–Trinajstić information content (AvgIpc) is 3.04. The van der Waals surface area contributed by atoms with Crippen molar-refractivity contribution in [3.63, 3.8) is 0 Å². The van der Waals surface area contributed by atoms with Crippen molar-refractivity contribution in [1.29, 1.82) is 0 Å². The first kappa shape index (κ1) is 13.5. The van der Waals surface area contributed by atoms with Gasteiger partial charge in [0.05, 0.1) is 11.3 Å². The summed E-state index contributed by atoms with van der Waals surface area (Å²) in [6, 6.07) is 13.1. The summed E-state index contributed by atoms with van der Waals surface area (Å²) < 4.78 is 4.36. The first-order valence-corrected chi connectivity index (χ1v) is 10.7. The molecule has 0 N–H and O–H groups in total. The second-order valence-electron chi connectivity index (χ2n) is 6.60. The Morgan fingerprint density at radius 2 is 1.91 bits per heavy atom. The van der Waals surface area contributed by atoms with Crippen LogP contribution in [0.5, 0.6) is 0 Å². The third kappa shape index (κ3) is 1.61. The van der Waals surface area contributed by atoms with E-state index >= 15 is 0 Å². The molecule has 0 spiro atoms. The van der Waals surface area contributed by atoms with Gasteiger partial charge in [-0.05, 0) is 35.9 Å². The van der Waals surface area contributed by atoms with E-state index in [0.29, 0.717) is 0 Å². The fourth-order valence-electron chi connectivity index (χ4n) is 3.71. The van der Waals surface area contributed by atoms with Crippen LogP contribution in [0.4, 0.5) is 0 Å². The first-order valence-electron chi connectivity index (χ1n) is 7.66. The monoisotopic (exact) mass is 306 g/mol. The molecule has 0 radical (unpaired) electrons. The second-order valence-corrected chi connectivity index (χ2v) is 10.9. The van der Waals surface area contributed by atoms with Crippen molar-refractivity contribution < 1.29 is 4.57 Å². The molecular formula is C18H20N3Si+. The highest BCUT2D eigenvalue weighted by Crippen LogP contribution is 2.28. The number of fused-ring (bicyclic) bond motifs is 3. The van der Waals surface area contributed by atoms with Gasteiger partial charge in [0.15, 0.2) is 6.20 Å². The van der Waals surface area contributed by atoms with Gasteiger partial charge in [-0.1, -0.05) is 19.2 Å². The van der Waals surface area contributed by atoms with Gasteiger partial charge in [0.2, 0.25) is 5.69 Å². The van der Waals surface area contributed by atoms with E-state index in [1.165, 1.54) is 33.0 Å². The number of aromatic nitrogens is 3. The number of pyridine rings is 1. The fraction of sp³-hybridized carbons (Fsp3) is 0.222. The third-order valence-corrected chi connectivity index (χ3v) is 8.25. The van der Waals surface area contributed by atoms with Crippen LogP contribution >= 0.6 is 0 Å². The molecule has 0 bridgehead atoms. The molecule has 22 heavy (non-hydrogen) atoms. The Hall–Kier alpha value is -2.20. The Bertz CT molecular complexity index is 893. The molecule has 110 valence electrons. The van der Waals surface area contributed by atoms with Crippen LogP contribution in [0.2, 0.25) is 13.1 Å². The molecule has 3 nitrogen and oxygen atoms in total. The van der Waals surface area contributed by atoms with Crippen LogP contribution in [0.25, 0.3) is 16.9 Å². The first-order chi connectivity index (χ1) is 10.5. The molecule has 0 amide bonds. The van der Waals surface area contributed by atoms with Gasteiger partial charge in [-0.2, -0.15) is 5.10 Å². The van der Waals surface area contributed by atoms with Gasteiger partial charge < -0.3 is 0 Å². The van der Waals surface area contributed by atoms with Crippen molar-refractivity contribution >= 4 is 18.6 Å². The van der Waals surface area contributed by atoms with Crippen molar-refractivity contribution in [1.82, 2.24) is 9.78 Å². The summed E-state index contributed by atoms with van der Waals surface area (Å²) in [6.07, 6.45) is 4.05. The molecule has 4 rings (SSSR count). The van der Waals surface area contributed by atoms with Gasteiger partial charge in [-0.25, -0.2) is 9.25 Å². The minimum absolute atomic E-state index is 1.26. The average molecular weight is 306 g/mol. The maximum Gasteiger partial charge on any atom is 0.212 e. The summed E-state index contributed by atoms with van der Waals surface area (Å²) in [5, 5.41) is 7.47. The van der Waals surface area contributed by atoms with Crippen molar-refractivity contribution in [2.24, 2.45) is 7.05 Å².